The van der Waals surface area contributed by atoms with Crippen molar-refractivity contribution in [3.05, 3.63) is 12.2 Å². The molecular weight excluding hydrogens is 286 g/mol. The molecule has 2 heterocycles. The zero-order valence-corrected chi connectivity index (χ0v) is 13.8. The molecule has 0 radical (unpaired) electrons. The highest BCUT2D eigenvalue weighted by Crippen LogP contribution is 2.25. The Morgan fingerprint density at radius 1 is 1.45 bits per heavy atom. The maximum absolute atomic E-state index is 12.3. The lowest BCUT2D eigenvalue weighted by atomic mass is 9.99. The number of H-pyrrole nitrogens is 1. The van der Waals surface area contributed by atoms with E-state index in [1.807, 2.05) is 39.5 Å². The first kappa shape index (κ1) is 16.9. The predicted octanol–water partition coefficient (Wildman–Crippen LogP) is 0.432. The van der Waals surface area contributed by atoms with E-state index in [9.17, 15) is 9.90 Å². The molecule has 22 heavy (non-hydrogen) atoms. The summed E-state index contributed by atoms with van der Waals surface area (Å²) in [6.07, 6.45) is 0.381. The second-order valence-corrected chi connectivity index (χ2v) is 7.11. The Hall–Kier alpha value is -1.51. The van der Waals surface area contributed by atoms with Crippen molar-refractivity contribution in [3.8, 4) is 0 Å². The lowest BCUT2D eigenvalue weighted by Crippen LogP contribution is -2.64. The van der Waals surface area contributed by atoms with E-state index in [2.05, 4.69) is 15.2 Å². The molecule has 1 aromatic heterocycles. The van der Waals surface area contributed by atoms with Gasteiger partial charge in [-0.1, -0.05) is 0 Å². The van der Waals surface area contributed by atoms with Crippen LogP contribution in [0.2, 0.25) is 0 Å². The number of hydrogen-bond donors (Lipinski definition) is 2. The van der Waals surface area contributed by atoms with Crippen LogP contribution in [0.4, 0.5) is 0 Å². The average molecular weight is 311 g/mol. The van der Waals surface area contributed by atoms with Gasteiger partial charge in [0.2, 0.25) is 12.2 Å². The van der Waals surface area contributed by atoms with Crippen LogP contribution in [0.3, 0.4) is 0 Å². The summed E-state index contributed by atoms with van der Waals surface area (Å²) in [6, 6.07) is 0. The van der Waals surface area contributed by atoms with Crippen LogP contribution < -0.4 is 0 Å². The van der Waals surface area contributed by atoms with Crippen molar-refractivity contribution in [2.75, 3.05) is 19.6 Å². The largest absolute Gasteiger partial charge is 0.356 e. The normalized spacial score (nSPS) is 20.9. The summed E-state index contributed by atoms with van der Waals surface area (Å²) in [5.74, 6) is -0.0454. The first-order valence-corrected chi connectivity index (χ1v) is 7.38. The third kappa shape index (κ3) is 3.82. The molecule has 0 aromatic carbocycles. The monoisotopic (exact) mass is 311 g/mol. The fraction of sp³-hybridized carbons (Fsp3) is 0.786. The number of hydrogen-bond acceptors (Lipinski definition) is 6. The number of rotatable bonds is 3. The minimum atomic E-state index is -1.00. The Labute approximate surface area is 130 Å². The molecule has 0 spiro atoms. The van der Waals surface area contributed by atoms with Gasteiger partial charge >= 0.3 is 0 Å². The van der Waals surface area contributed by atoms with E-state index in [1.54, 1.807) is 4.90 Å². The van der Waals surface area contributed by atoms with Crippen molar-refractivity contribution in [2.24, 2.45) is 0 Å². The number of nitrogens with zero attached hydrogens (tertiary/aromatic N) is 4. The number of piperazine rings is 1. The van der Waals surface area contributed by atoms with Crippen LogP contribution in [0, 0.1) is 0 Å². The molecule has 2 rings (SSSR count). The molecule has 0 bridgehead atoms. The molecule has 1 aliphatic heterocycles. The molecule has 1 aliphatic rings. The Kier molecular flexibility index (Phi) is 4.55. The molecule has 1 atom stereocenters. The molecule has 0 aliphatic carbocycles. The first-order chi connectivity index (χ1) is 10.1. The van der Waals surface area contributed by atoms with Gasteiger partial charge in [-0.3, -0.25) is 9.89 Å². The molecule has 124 valence electrons. The quantitative estimate of drug-likeness (QED) is 0.786. The molecular formula is C14H25N5O3. The highest BCUT2D eigenvalue weighted by molar-refractivity contribution is 5.90. The van der Waals surface area contributed by atoms with Gasteiger partial charge < -0.3 is 14.7 Å². The summed E-state index contributed by atoms with van der Waals surface area (Å²) in [5, 5.41) is 16.7. The summed E-state index contributed by atoms with van der Waals surface area (Å²) in [7, 11) is 0. The van der Waals surface area contributed by atoms with Gasteiger partial charge in [-0.2, -0.15) is 0 Å². The zero-order valence-electron chi connectivity index (χ0n) is 13.8. The maximum atomic E-state index is 12.3. The Balaban J connectivity index is 2.04. The first-order valence-electron chi connectivity index (χ1n) is 7.38. The van der Waals surface area contributed by atoms with Gasteiger partial charge in [0.15, 0.2) is 0 Å². The summed E-state index contributed by atoms with van der Waals surface area (Å²) < 4.78 is 5.63. The van der Waals surface area contributed by atoms with Crippen LogP contribution in [-0.4, -0.2) is 73.2 Å². The molecule has 1 amide bonds. The molecule has 8 heteroatoms. The fourth-order valence-electron chi connectivity index (χ4n) is 2.58. The van der Waals surface area contributed by atoms with E-state index in [0.29, 0.717) is 19.6 Å². The topological polar surface area (TPSA) is 94.6 Å². The second kappa shape index (κ2) is 5.94. The minimum Gasteiger partial charge on any atom is -0.356 e. The molecule has 1 aromatic rings. The highest BCUT2D eigenvalue weighted by atomic mass is 16.6. The predicted molar refractivity (Wildman–Crippen MR) is 79.9 cm³/mol. The molecule has 0 saturated carbocycles. The van der Waals surface area contributed by atoms with Crippen LogP contribution in [0.1, 0.15) is 45.2 Å². The van der Waals surface area contributed by atoms with Crippen molar-refractivity contribution in [3.63, 3.8) is 0 Å². The number of aliphatic hydroxyl groups is 1. The average Bonchev–Trinajstić information content (AvgIpc) is 2.87. The van der Waals surface area contributed by atoms with Crippen LogP contribution in [0.5, 0.6) is 0 Å². The van der Waals surface area contributed by atoms with E-state index >= 15 is 0 Å². The minimum absolute atomic E-state index is 0.163. The Morgan fingerprint density at radius 3 is 2.64 bits per heavy atom. The lowest BCUT2D eigenvalue weighted by Gasteiger charge is -2.49. The number of aliphatic hydroxyl groups excluding tert-OH is 1. The third-order valence-electron chi connectivity index (χ3n) is 3.59. The molecule has 1 saturated heterocycles. The van der Waals surface area contributed by atoms with Crippen molar-refractivity contribution < 1.29 is 14.6 Å². The number of ether oxygens (including phenoxy) is 1. The summed E-state index contributed by atoms with van der Waals surface area (Å²) in [6.45, 7) is 11.1. The standard InChI is InChI=1S/C14H25N5O3/c1-13(2,3)22-12(21)19-7-6-18(8-14(19,4)5)11(20)10-15-9-16-17-10/h9,12,21H,6-8H2,1-5H3,(H,15,16,17). The van der Waals surface area contributed by atoms with Crippen molar-refractivity contribution in [1.82, 2.24) is 25.0 Å². The van der Waals surface area contributed by atoms with Gasteiger partial charge in [-0.25, -0.2) is 9.88 Å². The summed E-state index contributed by atoms with van der Waals surface area (Å²) in [4.78, 5) is 19.8. The third-order valence-corrected chi connectivity index (χ3v) is 3.59. The smallest absolute Gasteiger partial charge is 0.293 e. The second-order valence-electron chi connectivity index (χ2n) is 7.11. The molecule has 1 unspecified atom stereocenters. The van der Waals surface area contributed by atoms with E-state index in [4.69, 9.17) is 4.74 Å². The number of aromatic amines is 1. The zero-order chi connectivity index (χ0) is 16.5. The van der Waals surface area contributed by atoms with E-state index < -0.39 is 17.6 Å². The van der Waals surface area contributed by atoms with Crippen LogP contribution in [0.25, 0.3) is 0 Å². The van der Waals surface area contributed by atoms with E-state index in [1.165, 1.54) is 6.33 Å². The fourth-order valence-corrected chi connectivity index (χ4v) is 2.58. The Morgan fingerprint density at radius 2 is 2.14 bits per heavy atom. The number of carbonyl (C=O) groups is 1. The van der Waals surface area contributed by atoms with Crippen molar-refractivity contribution >= 4 is 5.91 Å². The van der Waals surface area contributed by atoms with Crippen LogP contribution >= 0.6 is 0 Å². The van der Waals surface area contributed by atoms with E-state index in [0.717, 1.165) is 0 Å². The maximum Gasteiger partial charge on any atom is 0.293 e. The number of nitrogens with one attached hydrogen (secondary N) is 1. The molecule has 1 fully saturated rings. The molecule has 2 N–H and O–H groups in total. The van der Waals surface area contributed by atoms with Gasteiger partial charge in [-0.05, 0) is 34.6 Å². The van der Waals surface area contributed by atoms with Gasteiger partial charge in [0.25, 0.3) is 5.91 Å². The highest BCUT2D eigenvalue weighted by Gasteiger charge is 2.40. The van der Waals surface area contributed by atoms with E-state index in [-0.39, 0.29) is 11.7 Å². The summed E-state index contributed by atoms with van der Waals surface area (Å²) in [5.41, 5.74) is -0.865. The van der Waals surface area contributed by atoms with Crippen molar-refractivity contribution in [2.45, 2.75) is 52.2 Å². The number of carbonyl (C=O) groups excluding carboxylic acids is 1. The molecule has 8 nitrogen and oxygen atoms in total. The number of amides is 1. The number of aromatic nitrogens is 3. The lowest BCUT2D eigenvalue weighted by molar-refractivity contribution is -0.265. The van der Waals surface area contributed by atoms with Gasteiger partial charge in [0.1, 0.15) is 6.33 Å². The SMILES string of the molecule is CC(C)(C)OC(O)N1CCN(C(=O)c2nc[nH]n2)CC1(C)C. The Bertz CT molecular complexity index is 509. The van der Waals surface area contributed by atoms with Crippen LogP contribution in [0.15, 0.2) is 6.33 Å². The summed E-state index contributed by atoms with van der Waals surface area (Å²) >= 11 is 0. The van der Waals surface area contributed by atoms with Gasteiger partial charge in [-0.15, -0.1) is 5.10 Å². The van der Waals surface area contributed by atoms with Gasteiger partial charge in [0, 0.05) is 25.2 Å². The van der Waals surface area contributed by atoms with Crippen molar-refractivity contribution in [1.29, 1.82) is 0 Å². The van der Waals surface area contributed by atoms with Gasteiger partial charge in [0.05, 0.1) is 5.60 Å². The van der Waals surface area contributed by atoms with Crippen LogP contribution in [-0.2, 0) is 4.74 Å².